The van der Waals surface area contributed by atoms with E-state index in [1.54, 1.807) is 36.1 Å². The monoisotopic (exact) mass is 499 g/mol. The molecule has 0 bridgehead atoms. The predicted octanol–water partition coefficient (Wildman–Crippen LogP) is 4.90. The van der Waals surface area contributed by atoms with E-state index in [1.165, 1.54) is 4.90 Å². The molecule has 2 atom stereocenters. The summed E-state index contributed by atoms with van der Waals surface area (Å²) in [7, 11) is 1.77. The molecular weight excluding hydrogens is 476 g/mol. The van der Waals surface area contributed by atoms with E-state index in [2.05, 4.69) is 25.5 Å². The molecule has 6 rings (SSSR count). The van der Waals surface area contributed by atoms with Gasteiger partial charge >= 0.3 is 0 Å². The van der Waals surface area contributed by atoms with Crippen LogP contribution in [0.4, 0.5) is 20.3 Å². The Bertz CT molecular complexity index is 1570. The van der Waals surface area contributed by atoms with Crippen LogP contribution in [-0.2, 0) is 7.05 Å². The number of nitrogens with zero attached hydrogens (tertiary/aromatic N) is 5. The fraction of sp³-hybridized carbons (Fsp3) is 0.185. The molecule has 37 heavy (non-hydrogen) atoms. The number of carbonyl (C=O) groups is 1. The number of benzene rings is 2. The number of alkyl halides is 2. The van der Waals surface area contributed by atoms with Crippen LogP contribution in [0.2, 0.25) is 0 Å². The van der Waals surface area contributed by atoms with E-state index in [4.69, 9.17) is 0 Å². The molecule has 3 aromatic heterocycles. The molecule has 0 spiro atoms. The second kappa shape index (κ2) is 9.12. The fourth-order valence-corrected chi connectivity index (χ4v) is 4.60. The van der Waals surface area contributed by atoms with Gasteiger partial charge in [0.2, 0.25) is 0 Å². The minimum Gasteiger partial charge on any atom is -0.340 e. The number of H-pyrrole nitrogens is 1. The van der Waals surface area contributed by atoms with Gasteiger partial charge in [0.05, 0.1) is 19.3 Å². The molecule has 0 unspecified atom stereocenters. The lowest BCUT2D eigenvalue weighted by Gasteiger charge is -2.15. The summed E-state index contributed by atoms with van der Waals surface area (Å²) < 4.78 is 29.0. The van der Waals surface area contributed by atoms with Gasteiger partial charge in [-0.25, -0.2) is 18.7 Å². The van der Waals surface area contributed by atoms with Crippen molar-refractivity contribution >= 4 is 28.3 Å². The van der Waals surface area contributed by atoms with Gasteiger partial charge in [-0.1, -0.05) is 24.3 Å². The van der Waals surface area contributed by atoms with Gasteiger partial charge in [-0.2, -0.15) is 5.10 Å². The summed E-state index contributed by atoms with van der Waals surface area (Å²) >= 11 is 0. The van der Waals surface area contributed by atoms with Gasteiger partial charge in [0.1, 0.15) is 11.5 Å². The van der Waals surface area contributed by atoms with Crippen molar-refractivity contribution in [3.8, 4) is 22.5 Å². The Balaban J connectivity index is 1.24. The third-order valence-corrected chi connectivity index (χ3v) is 6.64. The van der Waals surface area contributed by atoms with Crippen LogP contribution >= 0.6 is 0 Å². The third-order valence-electron chi connectivity index (χ3n) is 6.64. The average Bonchev–Trinajstić information content (AvgIpc) is 3.64. The van der Waals surface area contributed by atoms with Crippen LogP contribution in [-0.4, -0.2) is 61.0 Å². The number of hydrogen-bond donors (Lipinski definition) is 2. The van der Waals surface area contributed by atoms with Crippen LogP contribution in [0.3, 0.4) is 0 Å². The van der Waals surface area contributed by atoms with Crippen molar-refractivity contribution in [1.82, 2.24) is 29.6 Å². The van der Waals surface area contributed by atoms with Gasteiger partial charge in [0, 0.05) is 47.2 Å². The second-order valence-electron chi connectivity index (χ2n) is 9.06. The SMILES string of the molecule is Cn1c(C(=O)N2C[C@@H](F)[C@@H](F)C2)cc2ccc(-c3nccc(Nc4ccc(-c5cn[nH]c5)cc4)n3)cc21. The van der Waals surface area contributed by atoms with Gasteiger partial charge in [-0.15, -0.1) is 0 Å². The van der Waals surface area contributed by atoms with E-state index in [1.807, 2.05) is 48.7 Å². The van der Waals surface area contributed by atoms with Gasteiger partial charge in [-0.05, 0) is 35.9 Å². The Morgan fingerprint density at radius 3 is 2.49 bits per heavy atom. The van der Waals surface area contributed by atoms with Crippen LogP contribution in [0, 0.1) is 0 Å². The lowest BCUT2D eigenvalue weighted by Crippen LogP contribution is -2.30. The van der Waals surface area contributed by atoms with Crippen LogP contribution in [0.5, 0.6) is 0 Å². The number of aryl methyl sites for hydroxylation is 1. The van der Waals surface area contributed by atoms with Crippen molar-refractivity contribution < 1.29 is 13.6 Å². The van der Waals surface area contributed by atoms with Crippen LogP contribution in [0.15, 0.2) is 73.2 Å². The summed E-state index contributed by atoms with van der Waals surface area (Å²) in [5.74, 6) is 0.778. The van der Waals surface area contributed by atoms with Gasteiger partial charge in [-0.3, -0.25) is 9.89 Å². The van der Waals surface area contributed by atoms with E-state index in [9.17, 15) is 13.6 Å². The zero-order valence-electron chi connectivity index (χ0n) is 19.9. The lowest BCUT2D eigenvalue weighted by atomic mass is 10.1. The summed E-state index contributed by atoms with van der Waals surface area (Å²) in [5.41, 5.74) is 4.89. The summed E-state index contributed by atoms with van der Waals surface area (Å²) in [6.45, 7) is -0.459. The highest BCUT2D eigenvalue weighted by Crippen LogP contribution is 2.28. The van der Waals surface area contributed by atoms with Crippen molar-refractivity contribution in [2.24, 2.45) is 7.05 Å². The number of halogens is 2. The van der Waals surface area contributed by atoms with Crippen LogP contribution in [0.25, 0.3) is 33.4 Å². The molecule has 1 saturated heterocycles. The van der Waals surface area contributed by atoms with Crippen molar-refractivity contribution in [2.75, 3.05) is 18.4 Å². The Kier molecular flexibility index (Phi) is 5.63. The van der Waals surface area contributed by atoms with E-state index < -0.39 is 12.3 Å². The normalized spacial score (nSPS) is 17.4. The summed E-state index contributed by atoms with van der Waals surface area (Å²) in [6.07, 6.45) is 2.01. The molecule has 5 aromatic rings. The number of aromatic amines is 1. The molecule has 186 valence electrons. The summed E-state index contributed by atoms with van der Waals surface area (Å²) in [6, 6.07) is 17.2. The maximum absolute atomic E-state index is 13.6. The Hall–Kier alpha value is -4.60. The van der Waals surface area contributed by atoms with Gasteiger partial charge < -0.3 is 14.8 Å². The van der Waals surface area contributed by atoms with Crippen molar-refractivity contribution in [3.63, 3.8) is 0 Å². The highest BCUT2D eigenvalue weighted by Gasteiger charge is 2.36. The first kappa shape index (κ1) is 22.8. The maximum atomic E-state index is 13.6. The Morgan fingerprint density at radius 1 is 1.00 bits per heavy atom. The minimum absolute atomic E-state index is 0.230. The molecule has 0 radical (unpaired) electrons. The molecule has 2 aromatic carbocycles. The van der Waals surface area contributed by atoms with Crippen LogP contribution < -0.4 is 5.32 Å². The first-order valence-corrected chi connectivity index (χ1v) is 11.8. The Labute approximate surface area is 211 Å². The molecule has 0 aliphatic carbocycles. The molecule has 4 heterocycles. The second-order valence-corrected chi connectivity index (χ2v) is 9.06. The number of carbonyl (C=O) groups excluding carboxylic acids is 1. The Morgan fingerprint density at radius 2 is 1.76 bits per heavy atom. The van der Waals surface area contributed by atoms with Crippen molar-refractivity contribution in [1.29, 1.82) is 0 Å². The number of fused-ring (bicyclic) bond motifs is 1. The first-order valence-electron chi connectivity index (χ1n) is 11.8. The van der Waals surface area contributed by atoms with Crippen LogP contribution in [0.1, 0.15) is 10.5 Å². The maximum Gasteiger partial charge on any atom is 0.270 e. The number of nitrogens with one attached hydrogen (secondary N) is 2. The predicted molar refractivity (Wildman–Crippen MR) is 137 cm³/mol. The summed E-state index contributed by atoms with van der Waals surface area (Å²) in [5, 5.41) is 10.9. The smallest absolute Gasteiger partial charge is 0.270 e. The zero-order valence-corrected chi connectivity index (χ0v) is 19.9. The van der Waals surface area contributed by atoms with Gasteiger partial charge in [0.25, 0.3) is 5.91 Å². The highest BCUT2D eigenvalue weighted by atomic mass is 19.2. The number of amides is 1. The first-order chi connectivity index (χ1) is 18.0. The molecule has 1 aliphatic heterocycles. The minimum atomic E-state index is -1.64. The molecule has 0 saturated carbocycles. The molecule has 2 N–H and O–H groups in total. The molecule has 1 amide bonds. The van der Waals surface area contributed by atoms with E-state index in [0.29, 0.717) is 17.3 Å². The molecular formula is C27H23F2N7O. The van der Waals surface area contributed by atoms with E-state index >= 15 is 0 Å². The number of rotatable bonds is 5. The van der Waals surface area contributed by atoms with Crippen molar-refractivity contribution in [3.05, 3.63) is 78.9 Å². The molecule has 10 heteroatoms. The largest absolute Gasteiger partial charge is 0.340 e. The number of likely N-dealkylation sites (tertiary alicyclic amines) is 1. The van der Waals surface area contributed by atoms with E-state index in [-0.39, 0.29) is 19.0 Å². The average molecular weight is 500 g/mol. The summed E-state index contributed by atoms with van der Waals surface area (Å²) in [4.78, 5) is 23.2. The standard InChI is InChI=1S/C27H23F2N7O/c1-35-23-11-18(3-2-17(23)10-24(35)27(37)36-14-21(28)22(29)15-36)26-30-9-8-25(34-26)33-20-6-4-16(5-7-20)19-12-31-32-13-19/h2-13,21-22H,14-15H2,1H3,(H,31,32)(H,30,33,34)/t21-,22+. The highest BCUT2D eigenvalue weighted by molar-refractivity contribution is 5.99. The van der Waals surface area contributed by atoms with Crippen molar-refractivity contribution in [2.45, 2.75) is 12.3 Å². The quantitative estimate of drug-likeness (QED) is 0.359. The topological polar surface area (TPSA) is 91.7 Å². The number of aromatic nitrogens is 5. The molecule has 8 nitrogen and oxygen atoms in total. The van der Waals surface area contributed by atoms with Gasteiger partial charge in [0.15, 0.2) is 18.2 Å². The number of anilines is 2. The molecule has 1 aliphatic rings. The fourth-order valence-electron chi connectivity index (χ4n) is 4.60. The lowest BCUT2D eigenvalue weighted by molar-refractivity contribution is 0.0770. The number of hydrogen-bond acceptors (Lipinski definition) is 5. The zero-order chi connectivity index (χ0) is 25.5. The third kappa shape index (κ3) is 4.31. The van der Waals surface area contributed by atoms with E-state index in [0.717, 1.165) is 33.3 Å². The molecule has 1 fully saturated rings.